The van der Waals surface area contributed by atoms with Crippen molar-refractivity contribution in [3.8, 4) is 17.2 Å². The third-order valence-corrected chi connectivity index (χ3v) is 7.68. The summed E-state index contributed by atoms with van der Waals surface area (Å²) in [6.45, 7) is 1.59. The highest BCUT2D eigenvalue weighted by atomic mass is 32.2. The summed E-state index contributed by atoms with van der Waals surface area (Å²) < 4.78 is 39.6. The molecule has 0 radical (unpaired) electrons. The van der Waals surface area contributed by atoms with Gasteiger partial charge in [0, 0.05) is 26.2 Å². The van der Waals surface area contributed by atoms with E-state index in [1.807, 2.05) is 29.2 Å². The quantitative estimate of drug-likeness (QED) is 0.406. The number of hydrogen-bond donors (Lipinski definition) is 0. The van der Waals surface area contributed by atoms with Gasteiger partial charge in [-0.1, -0.05) is 5.21 Å². The van der Waals surface area contributed by atoms with Gasteiger partial charge < -0.3 is 14.4 Å². The minimum Gasteiger partial charge on any atom is -0.497 e. The van der Waals surface area contributed by atoms with Crippen molar-refractivity contribution in [3.05, 3.63) is 54.9 Å². The van der Waals surface area contributed by atoms with Crippen molar-refractivity contribution in [2.24, 2.45) is 0 Å². The second-order valence-electron chi connectivity index (χ2n) is 7.64. The van der Waals surface area contributed by atoms with Gasteiger partial charge in [-0.2, -0.15) is 8.99 Å². The molecule has 2 aromatic heterocycles. The maximum atomic E-state index is 13.1. The van der Waals surface area contributed by atoms with Crippen molar-refractivity contribution >= 4 is 27.0 Å². The van der Waals surface area contributed by atoms with Gasteiger partial charge in [0.25, 0.3) is 0 Å². The number of aromatic nitrogens is 5. The Morgan fingerprint density at radius 3 is 2.06 bits per heavy atom. The Bertz CT molecular complexity index is 1400. The van der Waals surface area contributed by atoms with Crippen LogP contribution in [0.3, 0.4) is 0 Å². The van der Waals surface area contributed by atoms with Gasteiger partial charge in [0.2, 0.25) is 10.0 Å². The van der Waals surface area contributed by atoms with Crippen LogP contribution in [0.4, 0.5) is 5.82 Å². The van der Waals surface area contributed by atoms with Crippen LogP contribution in [0, 0.1) is 0 Å². The predicted octanol–water partition coefficient (Wildman–Crippen LogP) is 1.74. The molecule has 0 N–H and O–H groups in total. The molecule has 2 aromatic carbocycles. The molecule has 4 aromatic rings. The third kappa shape index (κ3) is 3.90. The van der Waals surface area contributed by atoms with Gasteiger partial charge in [-0.05, 0) is 48.5 Å². The second kappa shape index (κ2) is 8.88. The molecule has 176 valence electrons. The Kier molecular flexibility index (Phi) is 5.75. The lowest BCUT2D eigenvalue weighted by molar-refractivity contribution is 0.384. The SMILES string of the molecule is COc1ccc(-n2nnc3c(N4CCN(S(=O)(=O)c5ccc(OC)cc5)CC4)ncnc32)cc1. The van der Waals surface area contributed by atoms with E-state index in [0.717, 1.165) is 11.4 Å². The molecule has 11 nitrogen and oxygen atoms in total. The topological polar surface area (TPSA) is 116 Å². The van der Waals surface area contributed by atoms with Gasteiger partial charge in [-0.15, -0.1) is 5.10 Å². The van der Waals surface area contributed by atoms with E-state index in [0.29, 0.717) is 48.9 Å². The van der Waals surface area contributed by atoms with E-state index >= 15 is 0 Å². The first-order chi connectivity index (χ1) is 16.5. The molecule has 5 rings (SSSR count). The number of ether oxygens (including phenoxy) is 2. The molecular formula is C22H23N7O4S. The molecule has 1 saturated heterocycles. The summed E-state index contributed by atoms with van der Waals surface area (Å²) in [6.07, 6.45) is 1.47. The zero-order chi connectivity index (χ0) is 23.7. The molecule has 0 unspecified atom stereocenters. The fourth-order valence-corrected chi connectivity index (χ4v) is 5.32. The maximum absolute atomic E-state index is 13.1. The van der Waals surface area contributed by atoms with Crippen LogP contribution < -0.4 is 14.4 Å². The fourth-order valence-electron chi connectivity index (χ4n) is 3.90. The Balaban J connectivity index is 1.36. The van der Waals surface area contributed by atoms with Gasteiger partial charge >= 0.3 is 0 Å². The van der Waals surface area contributed by atoms with E-state index in [-0.39, 0.29) is 4.90 Å². The Morgan fingerprint density at radius 2 is 1.44 bits per heavy atom. The zero-order valence-electron chi connectivity index (χ0n) is 18.7. The summed E-state index contributed by atoms with van der Waals surface area (Å²) >= 11 is 0. The Labute approximate surface area is 196 Å². The number of piperazine rings is 1. The van der Waals surface area contributed by atoms with Crippen LogP contribution in [0.1, 0.15) is 0 Å². The van der Waals surface area contributed by atoms with Crippen LogP contribution in [-0.2, 0) is 10.0 Å². The third-order valence-electron chi connectivity index (χ3n) is 5.77. The molecule has 0 aliphatic carbocycles. The molecular weight excluding hydrogens is 458 g/mol. The average Bonchev–Trinajstić information content (AvgIpc) is 3.33. The molecule has 1 aliphatic heterocycles. The first kappa shape index (κ1) is 22.0. The molecule has 0 amide bonds. The summed E-state index contributed by atoms with van der Waals surface area (Å²) in [5, 5.41) is 8.58. The van der Waals surface area contributed by atoms with Crippen molar-refractivity contribution in [3.63, 3.8) is 0 Å². The Hall–Kier alpha value is -3.77. The number of hydrogen-bond acceptors (Lipinski definition) is 9. The van der Waals surface area contributed by atoms with Crippen LogP contribution in [0.5, 0.6) is 11.5 Å². The number of benzene rings is 2. The van der Waals surface area contributed by atoms with E-state index in [1.54, 1.807) is 43.2 Å². The predicted molar refractivity (Wildman–Crippen MR) is 125 cm³/mol. The standard InChI is InChI=1S/C22H23N7O4S/c1-32-17-5-3-16(4-6-17)29-22-20(25-26-29)21(23-15-24-22)27-11-13-28(14-12-27)34(30,31)19-9-7-18(33-2)8-10-19/h3-10,15H,11-14H2,1-2H3. The van der Waals surface area contributed by atoms with E-state index in [2.05, 4.69) is 20.3 Å². The zero-order valence-corrected chi connectivity index (χ0v) is 19.5. The highest BCUT2D eigenvalue weighted by Crippen LogP contribution is 2.26. The average molecular weight is 482 g/mol. The number of anilines is 1. The van der Waals surface area contributed by atoms with Crippen LogP contribution in [0.15, 0.2) is 59.8 Å². The van der Waals surface area contributed by atoms with Gasteiger partial charge in [0.05, 0.1) is 24.8 Å². The van der Waals surface area contributed by atoms with Gasteiger partial charge in [0.15, 0.2) is 17.0 Å². The molecule has 12 heteroatoms. The first-order valence-electron chi connectivity index (χ1n) is 10.6. The highest BCUT2D eigenvalue weighted by Gasteiger charge is 2.30. The van der Waals surface area contributed by atoms with E-state index < -0.39 is 10.0 Å². The lowest BCUT2D eigenvalue weighted by atomic mass is 10.3. The van der Waals surface area contributed by atoms with Crippen molar-refractivity contribution < 1.29 is 17.9 Å². The van der Waals surface area contributed by atoms with Crippen molar-refractivity contribution in [2.75, 3.05) is 45.3 Å². The van der Waals surface area contributed by atoms with E-state index in [1.165, 1.54) is 10.6 Å². The first-order valence-corrected chi connectivity index (χ1v) is 12.1. The van der Waals surface area contributed by atoms with Crippen molar-refractivity contribution in [2.45, 2.75) is 4.90 Å². The minimum atomic E-state index is -3.60. The highest BCUT2D eigenvalue weighted by molar-refractivity contribution is 7.89. The summed E-state index contributed by atoms with van der Waals surface area (Å²) in [5.74, 6) is 1.98. The van der Waals surface area contributed by atoms with E-state index in [4.69, 9.17) is 9.47 Å². The molecule has 0 saturated carbocycles. The minimum absolute atomic E-state index is 0.244. The number of rotatable bonds is 6. The number of methoxy groups -OCH3 is 2. The molecule has 0 bridgehead atoms. The van der Waals surface area contributed by atoms with Crippen molar-refractivity contribution in [1.29, 1.82) is 0 Å². The lowest BCUT2D eigenvalue weighted by Gasteiger charge is -2.34. The number of nitrogens with zero attached hydrogens (tertiary/aromatic N) is 7. The smallest absolute Gasteiger partial charge is 0.243 e. The van der Waals surface area contributed by atoms with Crippen LogP contribution in [-0.4, -0.2) is 78.1 Å². The van der Waals surface area contributed by atoms with E-state index in [9.17, 15) is 8.42 Å². The van der Waals surface area contributed by atoms with Crippen molar-refractivity contribution in [1.82, 2.24) is 29.3 Å². The van der Waals surface area contributed by atoms with Gasteiger partial charge in [-0.25, -0.2) is 18.4 Å². The normalized spacial score (nSPS) is 14.9. The summed E-state index contributed by atoms with van der Waals surface area (Å²) in [6, 6.07) is 13.8. The molecule has 0 atom stereocenters. The second-order valence-corrected chi connectivity index (χ2v) is 9.57. The molecule has 0 spiro atoms. The molecule has 3 heterocycles. The van der Waals surface area contributed by atoms with Gasteiger partial charge in [0.1, 0.15) is 17.8 Å². The van der Waals surface area contributed by atoms with Crippen LogP contribution >= 0.6 is 0 Å². The lowest BCUT2D eigenvalue weighted by Crippen LogP contribution is -2.49. The van der Waals surface area contributed by atoms with Crippen LogP contribution in [0.25, 0.3) is 16.9 Å². The summed E-state index contributed by atoms with van der Waals surface area (Å²) in [5.41, 5.74) is 1.93. The fraction of sp³-hybridized carbons (Fsp3) is 0.273. The summed E-state index contributed by atoms with van der Waals surface area (Å²) in [4.78, 5) is 11.1. The number of fused-ring (bicyclic) bond motifs is 1. The molecule has 34 heavy (non-hydrogen) atoms. The monoisotopic (exact) mass is 481 g/mol. The number of sulfonamides is 1. The molecule has 1 aliphatic rings. The molecule has 1 fully saturated rings. The van der Waals surface area contributed by atoms with Crippen LogP contribution in [0.2, 0.25) is 0 Å². The summed E-state index contributed by atoms with van der Waals surface area (Å²) in [7, 11) is -0.440. The Morgan fingerprint density at radius 1 is 0.824 bits per heavy atom. The van der Waals surface area contributed by atoms with Gasteiger partial charge in [-0.3, -0.25) is 0 Å². The maximum Gasteiger partial charge on any atom is 0.243 e. The largest absolute Gasteiger partial charge is 0.497 e.